The maximum absolute atomic E-state index is 9.48. The fraction of sp³-hybridized carbons (Fsp3) is 0.647. The van der Waals surface area contributed by atoms with E-state index in [-0.39, 0.29) is 12.1 Å². The second-order valence-electron chi connectivity index (χ2n) is 6.27. The van der Waals surface area contributed by atoms with Crippen LogP contribution in [-0.2, 0) is 0 Å². The number of hydrogen-bond donors (Lipinski definition) is 2. The van der Waals surface area contributed by atoms with E-state index in [0.29, 0.717) is 12.0 Å². The molecule has 0 heterocycles. The molecule has 0 radical (unpaired) electrons. The standard InChI is InChI=1S/C17H30N2O/c1-6-18-16(15-10-8-7-9-11-15)14(2)12-19(5)17(3,4)13-20/h7-11,14,16,18,20H,6,12-13H2,1-5H3. The van der Waals surface area contributed by atoms with Crippen molar-refractivity contribution in [2.24, 2.45) is 5.92 Å². The van der Waals surface area contributed by atoms with Crippen LogP contribution in [0.15, 0.2) is 30.3 Å². The van der Waals surface area contributed by atoms with Crippen molar-refractivity contribution in [1.82, 2.24) is 10.2 Å². The number of rotatable bonds is 8. The molecule has 1 aromatic rings. The van der Waals surface area contributed by atoms with Crippen LogP contribution < -0.4 is 5.32 Å². The highest BCUT2D eigenvalue weighted by atomic mass is 16.3. The molecule has 1 rings (SSSR count). The molecular weight excluding hydrogens is 248 g/mol. The van der Waals surface area contributed by atoms with E-state index in [1.54, 1.807) is 0 Å². The highest BCUT2D eigenvalue weighted by Crippen LogP contribution is 2.24. The van der Waals surface area contributed by atoms with Crippen LogP contribution in [0.2, 0.25) is 0 Å². The first-order chi connectivity index (χ1) is 9.42. The number of aliphatic hydroxyl groups excluding tert-OH is 1. The van der Waals surface area contributed by atoms with Gasteiger partial charge in [-0.05, 0) is 38.9 Å². The molecule has 0 fully saturated rings. The van der Waals surface area contributed by atoms with Gasteiger partial charge in [0.25, 0.3) is 0 Å². The van der Waals surface area contributed by atoms with E-state index in [4.69, 9.17) is 0 Å². The Kier molecular flexibility index (Phi) is 6.66. The summed E-state index contributed by atoms with van der Waals surface area (Å²) in [7, 11) is 2.08. The van der Waals surface area contributed by atoms with Crippen molar-refractivity contribution in [3.8, 4) is 0 Å². The average molecular weight is 278 g/mol. The lowest BCUT2D eigenvalue weighted by atomic mass is 9.92. The van der Waals surface area contributed by atoms with Crippen molar-refractivity contribution in [1.29, 1.82) is 0 Å². The zero-order valence-corrected chi connectivity index (χ0v) is 13.6. The average Bonchev–Trinajstić information content (AvgIpc) is 2.45. The van der Waals surface area contributed by atoms with E-state index in [0.717, 1.165) is 13.1 Å². The monoisotopic (exact) mass is 278 g/mol. The minimum absolute atomic E-state index is 0.174. The van der Waals surface area contributed by atoms with Crippen LogP contribution in [0.5, 0.6) is 0 Å². The van der Waals surface area contributed by atoms with Gasteiger partial charge in [0.2, 0.25) is 0 Å². The molecule has 3 nitrogen and oxygen atoms in total. The maximum atomic E-state index is 9.48. The molecule has 3 heteroatoms. The van der Waals surface area contributed by atoms with Gasteiger partial charge in [0.1, 0.15) is 0 Å². The van der Waals surface area contributed by atoms with Crippen molar-refractivity contribution in [2.45, 2.75) is 39.3 Å². The maximum Gasteiger partial charge on any atom is 0.0609 e. The van der Waals surface area contributed by atoms with Gasteiger partial charge in [0.15, 0.2) is 0 Å². The molecular formula is C17H30N2O. The Balaban J connectivity index is 2.78. The van der Waals surface area contributed by atoms with E-state index >= 15 is 0 Å². The number of benzene rings is 1. The van der Waals surface area contributed by atoms with Crippen LogP contribution in [0.4, 0.5) is 0 Å². The number of nitrogens with zero attached hydrogens (tertiary/aromatic N) is 1. The Morgan fingerprint density at radius 3 is 2.35 bits per heavy atom. The zero-order valence-electron chi connectivity index (χ0n) is 13.6. The molecule has 2 N–H and O–H groups in total. The first-order valence-electron chi connectivity index (χ1n) is 7.52. The van der Waals surface area contributed by atoms with Crippen molar-refractivity contribution in [3.63, 3.8) is 0 Å². The minimum atomic E-state index is -0.179. The summed E-state index contributed by atoms with van der Waals surface area (Å²) in [5, 5.41) is 13.1. The first kappa shape index (κ1) is 17.2. The number of aliphatic hydroxyl groups is 1. The van der Waals surface area contributed by atoms with Gasteiger partial charge in [0, 0.05) is 18.1 Å². The molecule has 0 amide bonds. The summed E-state index contributed by atoms with van der Waals surface area (Å²) in [5.74, 6) is 0.466. The smallest absolute Gasteiger partial charge is 0.0609 e. The normalized spacial score (nSPS) is 15.3. The highest BCUT2D eigenvalue weighted by molar-refractivity contribution is 5.19. The Morgan fingerprint density at radius 1 is 1.25 bits per heavy atom. The third-order valence-electron chi connectivity index (χ3n) is 4.13. The van der Waals surface area contributed by atoms with Crippen molar-refractivity contribution in [2.75, 3.05) is 26.7 Å². The molecule has 0 aliphatic carbocycles. The predicted octanol–water partition coefficient (Wildman–Crippen LogP) is 2.68. The lowest BCUT2D eigenvalue weighted by molar-refractivity contribution is 0.0632. The van der Waals surface area contributed by atoms with Gasteiger partial charge in [-0.1, -0.05) is 44.2 Å². The third kappa shape index (κ3) is 4.58. The summed E-state index contributed by atoms with van der Waals surface area (Å²) < 4.78 is 0. The van der Waals surface area contributed by atoms with Crippen LogP contribution in [-0.4, -0.2) is 42.3 Å². The number of hydrogen-bond acceptors (Lipinski definition) is 3. The summed E-state index contributed by atoms with van der Waals surface area (Å²) in [5.41, 5.74) is 1.15. The van der Waals surface area contributed by atoms with Crippen LogP contribution >= 0.6 is 0 Å². The SMILES string of the molecule is CCNC(c1ccccc1)C(C)CN(C)C(C)(C)CO. The quantitative estimate of drug-likeness (QED) is 0.767. The van der Waals surface area contributed by atoms with Crippen molar-refractivity contribution < 1.29 is 5.11 Å². The first-order valence-corrected chi connectivity index (χ1v) is 7.52. The van der Waals surface area contributed by atoms with Gasteiger partial charge in [0.05, 0.1) is 6.61 Å². The lowest BCUT2D eigenvalue weighted by Gasteiger charge is -2.37. The van der Waals surface area contributed by atoms with Crippen LogP contribution in [0, 0.1) is 5.92 Å². The summed E-state index contributed by atoms with van der Waals surface area (Å²) in [6.45, 7) is 10.6. The van der Waals surface area contributed by atoms with Gasteiger partial charge in [-0.2, -0.15) is 0 Å². The Labute approximate surface area is 124 Å². The summed E-state index contributed by atoms with van der Waals surface area (Å²) >= 11 is 0. The van der Waals surface area contributed by atoms with Crippen LogP contribution in [0.1, 0.15) is 39.3 Å². The molecule has 0 spiro atoms. The van der Waals surface area contributed by atoms with E-state index in [1.165, 1.54) is 5.56 Å². The molecule has 0 saturated carbocycles. The van der Waals surface area contributed by atoms with E-state index in [9.17, 15) is 5.11 Å². The Bertz CT molecular complexity index is 378. The van der Waals surface area contributed by atoms with Crippen molar-refractivity contribution in [3.05, 3.63) is 35.9 Å². The van der Waals surface area contributed by atoms with Gasteiger partial charge in [-0.25, -0.2) is 0 Å². The van der Waals surface area contributed by atoms with Crippen LogP contribution in [0.25, 0.3) is 0 Å². The number of nitrogens with one attached hydrogen (secondary N) is 1. The largest absolute Gasteiger partial charge is 0.394 e. The second-order valence-corrected chi connectivity index (χ2v) is 6.27. The van der Waals surface area contributed by atoms with Crippen LogP contribution in [0.3, 0.4) is 0 Å². The van der Waals surface area contributed by atoms with Gasteiger partial charge >= 0.3 is 0 Å². The fourth-order valence-corrected chi connectivity index (χ4v) is 2.43. The lowest BCUT2D eigenvalue weighted by Crippen LogP contribution is -2.47. The summed E-state index contributed by atoms with van der Waals surface area (Å²) in [4.78, 5) is 2.24. The third-order valence-corrected chi connectivity index (χ3v) is 4.13. The Hall–Kier alpha value is -0.900. The molecule has 0 aromatic heterocycles. The molecule has 2 atom stereocenters. The molecule has 0 saturated heterocycles. The Morgan fingerprint density at radius 2 is 1.85 bits per heavy atom. The summed E-state index contributed by atoms with van der Waals surface area (Å²) in [6, 6.07) is 10.9. The highest BCUT2D eigenvalue weighted by Gasteiger charge is 2.27. The van der Waals surface area contributed by atoms with E-state index < -0.39 is 0 Å². The minimum Gasteiger partial charge on any atom is -0.394 e. The van der Waals surface area contributed by atoms with Gasteiger partial charge in [-0.3, -0.25) is 4.90 Å². The topological polar surface area (TPSA) is 35.5 Å². The van der Waals surface area contributed by atoms with E-state index in [2.05, 4.69) is 75.3 Å². The molecule has 0 aliphatic heterocycles. The van der Waals surface area contributed by atoms with Gasteiger partial charge < -0.3 is 10.4 Å². The van der Waals surface area contributed by atoms with Crippen molar-refractivity contribution >= 4 is 0 Å². The molecule has 1 aromatic carbocycles. The molecule has 114 valence electrons. The van der Waals surface area contributed by atoms with E-state index in [1.807, 2.05) is 0 Å². The second kappa shape index (κ2) is 7.77. The summed E-state index contributed by atoms with van der Waals surface area (Å²) in [6.07, 6.45) is 0. The molecule has 2 unspecified atom stereocenters. The fourth-order valence-electron chi connectivity index (χ4n) is 2.43. The molecule has 0 aliphatic rings. The molecule has 0 bridgehead atoms. The zero-order chi connectivity index (χ0) is 15.2. The predicted molar refractivity (Wildman–Crippen MR) is 85.8 cm³/mol. The number of likely N-dealkylation sites (N-methyl/N-ethyl adjacent to an activating group) is 1. The van der Waals surface area contributed by atoms with Gasteiger partial charge in [-0.15, -0.1) is 0 Å². The molecule has 20 heavy (non-hydrogen) atoms.